The minimum absolute atomic E-state index is 0.493. The Hall–Kier alpha value is -0.490. The van der Waals surface area contributed by atoms with Gasteiger partial charge in [0.05, 0.1) is 5.69 Å². The van der Waals surface area contributed by atoms with Crippen molar-refractivity contribution in [3.63, 3.8) is 0 Å². The molecule has 0 aliphatic heterocycles. The van der Waals surface area contributed by atoms with Crippen LogP contribution in [0.15, 0.2) is 63.3 Å². The van der Waals surface area contributed by atoms with Crippen molar-refractivity contribution < 1.29 is 0 Å². The van der Waals surface area contributed by atoms with E-state index in [9.17, 15) is 0 Å². The van der Waals surface area contributed by atoms with E-state index in [1.807, 2.05) is 36.4 Å². The highest BCUT2D eigenvalue weighted by Crippen LogP contribution is 2.37. The van der Waals surface area contributed by atoms with E-state index in [4.69, 9.17) is 34.8 Å². The summed E-state index contributed by atoms with van der Waals surface area (Å²) in [4.78, 5) is 6.78. The third kappa shape index (κ3) is 3.88. The van der Waals surface area contributed by atoms with Crippen LogP contribution < -0.4 is 4.67 Å². The Balaban J connectivity index is 2.05. The smallest absolute Gasteiger partial charge is 0.147 e. The molecule has 0 amide bonds. The summed E-state index contributed by atoms with van der Waals surface area (Å²) in [6.45, 7) is 0. The van der Waals surface area contributed by atoms with Gasteiger partial charge in [-0.2, -0.15) is 0 Å². The van der Waals surface area contributed by atoms with E-state index in [-0.39, 0.29) is 0 Å². The Kier molecular flexibility index (Phi) is 5.50. The van der Waals surface area contributed by atoms with Gasteiger partial charge in [-0.05, 0) is 30.3 Å². The van der Waals surface area contributed by atoms with Crippen LogP contribution in [0.2, 0.25) is 14.4 Å². The van der Waals surface area contributed by atoms with E-state index >= 15 is 0 Å². The van der Waals surface area contributed by atoms with Crippen LogP contribution in [-0.2, 0) is 0 Å². The zero-order valence-electron chi connectivity index (χ0n) is 10.9. The standard InChI is InChI=1S/C15H8Cl3NS3/c16-9-6-7-12(20-10-4-2-1-3-5-10)11(8-9)19-15-13(17)14(18)21-22-15/h1-8H. The van der Waals surface area contributed by atoms with Crippen LogP contribution in [0.3, 0.4) is 0 Å². The van der Waals surface area contributed by atoms with Gasteiger partial charge in [0.25, 0.3) is 0 Å². The molecule has 0 atom stereocenters. The Labute approximate surface area is 154 Å². The van der Waals surface area contributed by atoms with Crippen LogP contribution in [-0.4, -0.2) is 0 Å². The van der Waals surface area contributed by atoms with Crippen LogP contribution in [0.5, 0.6) is 0 Å². The molecule has 22 heavy (non-hydrogen) atoms. The van der Waals surface area contributed by atoms with Crippen molar-refractivity contribution in [1.29, 1.82) is 0 Å². The van der Waals surface area contributed by atoms with Crippen molar-refractivity contribution in [2.75, 3.05) is 0 Å². The van der Waals surface area contributed by atoms with Crippen molar-refractivity contribution in [2.45, 2.75) is 9.79 Å². The molecule has 112 valence electrons. The molecule has 3 aromatic rings. The minimum atomic E-state index is 0.493. The van der Waals surface area contributed by atoms with Crippen LogP contribution in [0.25, 0.3) is 0 Å². The number of nitrogens with zero attached hydrogens (tertiary/aromatic N) is 1. The van der Waals surface area contributed by atoms with Crippen LogP contribution in [0, 0.1) is 0 Å². The van der Waals surface area contributed by atoms with Crippen molar-refractivity contribution >= 4 is 72.9 Å². The largest absolute Gasteiger partial charge is 0.234 e. The molecule has 0 aliphatic carbocycles. The molecule has 0 bridgehead atoms. The Bertz CT molecular complexity index is 856. The summed E-state index contributed by atoms with van der Waals surface area (Å²) in [6, 6.07) is 15.8. The zero-order valence-corrected chi connectivity index (χ0v) is 15.6. The lowest BCUT2D eigenvalue weighted by Gasteiger charge is -2.05. The van der Waals surface area contributed by atoms with Gasteiger partial charge >= 0.3 is 0 Å². The number of halogens is 3. The number of hydrogen-bond donors (Lipinski definition) is 0. The fraction of sp³-hybridized carbons (Fsp3) is 0. The average molecular weight is 405 g/mol. The van der Waals surface area contributed by atoms with Gasteiger partial charge < -0.3 is 0 Å². The van der Waals surface area contributed by atoms with Crippen molar-refractivity contribution in [3.05, 3.63) is 67.6 Å². The predicted molar refractivity (Wildman–Crippen MR) is 99.5 cm³/mol. The van der Waals surface area contributed by atoms with E-state index in [1.54, 1.807) is 11.8 Å². The average Bonchev–Trinajstić information content (AvgIpc) is 2.83. The van der Waals surface area contributed by atoms with Gasteiger partial charge in [-0.3, -0.25) is 0 Å². The van der Waals surface area contributed by atoms with E-state index in [0.717, 1.165) is 15.5 Å². The van der Waals surface area contributed by atoms with Crippen LogP contribution in [0.1, 0.15) is 0 Å². The summed E-state index contributed by atoms with van der Waals surface area (Å²) in [5.74, 6) is 0. The van der Waals surface area contributed by atoms with Gasteiger partial charge in [-0.15, -0.1) is 0 Å². The van der Waals surface area contributed by atoms with Gasteiger partial charge in [-0.1, -0.05) is 85.4 Å². The van der Waals surface area contributed by atoms with E-state index in [0.29, 0.717) is 19.1 Å². The second-order valence-corrected chi connectivity index (χ2v) is 8.86. The Morgan fingerprint density at radius 1 is 0.909 bits per heavy atom. The second-order valence-electron chi connectivity index (χ2n) is 4.20. The molecule has 0 fully saturated rings. The zero-order chi connectivity index (χ0) is 15.5. The normalized spacial score (nSPS) is 11.9. The maximum atomic E-state index is 6.17. The summed E-state index contributed by atoms with van der Waals surface area (Å²) in [5.41, 5.74) is 0.786. The third-order valence-electron chi connectivity index (χ3n) is 2.67. The highest BCUT2D eigenvalue weighted by molar-refractivity contribution is 7.99. The first kappa shape index (κ1) is 16.4. The second kappa shape index (κ2) is 7.39. The highest BCUT2D eigenvalue weighted by atomic mass is 35.5. The first-order chi connectivity index (χ1) is 10.6. The van der Waals surface area contributed by atoms with Gasteiger partial charge in [-0.25, -0.2) is 4.99 Å². The summed E-state index contributed by atoms with van der Waals surface area (Å²) in [7, 11) is 2.86. The fourth-order valence-electron chi connectivity index (χ4n) is 1.69. The lowest BCUT2D eigenvalue weighted by Crippen LogP contribution is -1.92. The molecule has 0 radical (unpaired) electrons. The Morgan fingerprint density at radius 2 is 1.68 bits per heavy atom. The van der Waals surface area contributed by atoms with Crippen molar-refractivity contribution in [2.24, 2.45) is 4.99 Å². The molecule has 0 spiro atoms. The molecular formula is C15H8Cl3NS3. The van der Waals surface area contributed by atoms with Gasteiger partial charge in [0, 0.05) is 14.8 Å². The quantitative estimate of drug-likeness (QED) is 0.422. The molecule has 0 aliphatic rings. The molecule has 7 heteroatoms. The monoisotopic (exact) mass is 403 g/mol. The maximum absolute atomic E-state index is 6.17. The van der Waals surface area contributed by atoms with Gasteiger partial charge in [0.2, 0.25) is 0 Å². The molecule has 1 nitrogen and oxygen atoms in total. The molecule has 1 heterocycles. The maximum Gasteiger partial charge on any atom is 0.147 e. The molecule has 0 N–H and O–H groups in total. The van der Waals surface area contributed by atoms with E-state index in [1.165, 1.54) is 20.7 Å². The first-order valence-corrected chi connectivity index (χ1v) is 10.2. The first-order valence-electron chi connectivity index (χ1n) is 6.15. The topological polar surface area (TPSA) is 12.4 Å². The molecule has 2 aromatic carbocycles. The summed E-state index contributed by atoms with van der Waals surface area (Å²) >= 11 is 19.9. The summed E-state index contributed by atoms with van der Waals surface area (Å²) in [5, 5.41) is 1.13. The van der Waals surface area contributed by atoms with Gasteiger partial charge in [0.15, 0.2) is 0 Å². The number of rotatable bonds is 3. The SMILES string of the molecule is Clc1ccc(Sc2ccccc2)c(N=c2ssc(Cl)c2Cl)c1. The van der Waals surface area contributed by atoms with Crippen molar-refractivity contribution in [1.82, 2.24) is 0 Å². The lowest BCUT2D eigenvalue weighted by molar-refractivity contribution is 1.31. The third-order valence-corrected chi connectivity index (χ3v) is 7.47. The number of benzene rings is 2. The van der Waals surface area contributed by atoms with Crippen LogP contribution in [0.4, 0.5) is 5.69 Å². The molecular weight excluding hydrogens is 397 g/mol. The fourth-order valence-corrected chi connectivity index (χ4v) is 5.49. The minimum Gasteiger partial charge on any atom is -0.234 e. The molecule has 0 saturated heterocycles. The van der Waals surface area contributed by atoms with E-state index in [2.05, 4.69) is 17.1 Å². The summed E-state index contributed by atoms with van der Waals surface area (Å²) in [6.07, 6.45) is 0. The van der Waals surface area contributed by atoms with Crippen LogP contribution >= 0.6 is 67.2 Å². The summed E-state index contributed by atoms with van der Waals surface area (Å²) < 4.78 is 1.26. The predicted octanol–water partition coefficient (Wildman–Crippen LogP) is 7.15. The molecule has 0 unspecified atom stereocenters. The highest BCUT2D eigenvalue weighted by Gasteiger charge is 2.08. The lowest BCUT2D eigenvalue weighted by atomic mass is 10.3. The molecule has 1 aromatic heterocycles. The van der Waals surface area contributed by atoms with Crippen molar-refractivity contribution in [3.8, 4) is 0 Å². The van der Waals surface area contributed by atoms with E-state index < -0.39 is 0 Å². The molecule has 0 saturated carbocycles. The number of hydrogen-bond acceptors (Lipinski definition) is 4. The molecule has 3 rings (SSSR count). The Morgan fingerprint density at radius 3 is 2.36 bits per heavy atom. The van der Waals surface area contributed by atoms with Gasteiger partial charge in [0.1, 0.15) is 14.0 Å².